The van der Waals surface area contributed by atoms with Gasteiger partial charge in [0.25, 0.3) is 0 Å². The van der Waals surface area contributed by atoms with Crippen molar-refractivity contribution in [3.05, 3.63) is 20.8 Å². The molecule has 0 saturated heterocycles. The van der Waals surface area contributed by atoms with E-state index >= 15 is 0 Å². The number of rotatable bonds is 4. The second-order valence-corrected chi connectivity index (χ2v) is 6.94. The second-order valence-electron chi connectivity index (χ2n) is 5.03. The van der Waals surface area contributed by atoms with Gasteiger partial charge in [-0.15, -0.1) is 11.3 Å². The summed E-state index contributed by atoms with van der Waals surface area (Å²) in [7, 11) is 1.66. The van der Waals surface area contributed by atoms with Crippen LogP contribution in [-0.4, -0.2) is 24.4 Å². The number of thiophene rings is 1. The maximum Gasteiger partial charge on any atom is 0.0881 e. The van der Waals surface area contributed by atoms with Gasteiger partial charge in [0, 0.05) is 28.3 Å². The van der Waals surface area contributed by atoms with Gasteiger partial charge < -0.3 is 9.84 Å². The van der Waals surface area contributed by atoms with Gasteiger partial charge in [-0.25, -0.2) is 0 Å². The van der Waals surface area contributed by atoms with Gasteiger partial charge in [-0.2, -0.15) is 0 Å². The predicted molar refractivity (Wildman–Crippen MR) is 72.0 cm³/mol. The highest BCUT2D eigenvalue weighted by molar-refractivity contribution is 9.10. The minimum Gasteiger partial charge on any atom is -0.390 e. The van der Waals surface area contributed by atoms with Crippen molar-refractivity contribution in [3.63, 3.8) is 0 Å². The van der Waals surface area contributed by atoms with E-state index in [1.807, 2.05) is 11.4 Å². The molecule has 0 aliphatic rings. The first kappa shape index (κ1) is 14.2. The lowest BCUT2D eigenvalue weighted by Crippen LogP contribution is -2.40. The van der Waals surface area contributed by atoms with Gasteiger partial charge >= 0.3 is 0 Å². The molecule has 0 radical (unpaired) electrons. The molecule has 92 valence electrons. The van der Waals surface area contributed by atoms with Crippen LogP contribution in [0.4, 0.5) is 0 Å². The predicted octanol–water partition coefficient (Wildman–Crippen LogP) is 3.48. The Balaban J connectivity index is 2.66. The maximum atomic E-state index is 10.2. The van der Waals surface area contributed by atoms with Crippen LogP contribution in [0.1, 0.15) is 25.6 Å². The van der Waals surface area contributed by atoms with Crippen molar-refractivity contribution in [2.24, 2.45) is 5.41 Å². The normalized spacial score (nSPS) is 16.1. The van der Waals surface area contributed by atoms with E-state index in [2.05, 4.69) is 36.7 Å². The summed E-state index contributed by atoms with van der Waals surface area (Å²) in [5, 5.41) is 12.2. The van der Waals surface area contributed by atoms with Crippen molar-refractivity contribution >= 4 is 27.3 Å². The Hall–Kier alpha value is 0.1000. The number of methoxy groups -OCH3 is 1. The Labute approximate surface area is 110 Å². The lowest BCUT2D eigenvalue weighted by atomic mass is 9.84. The number of aliphatic hydroxyl groups excluding tert-OH is 1. The van der Waals surface area contributed by atoms with Gasteiger partial charge in [-0.05, 0) is 27.4 Å². The molecule has 1 N–H and O–H groups in total. The van der Waals surface area contributed by atoms with E-state index in [1.54, 1.807) is 18.4 Å². The van der Waals surface area contributed by atoms with Gasteiger partial charge in [0.15, 0.2) is 0 Å². The van der Waals surface area contributed by atoms with Gasteiger partial charge in [0.1, 0.15) is 0 Å². The standard InChI is InChI=1S/C12H19BrO2S/c1-12(2,3)11(15-4)10(14)6-9-5-8(13)7-16-9/h5,7,10-11,14H,6H2,1-4H3. The zero-order valence-corrected chi connectivity index (χ0v) is 12.6. The molecule has 2 atom stereocenters. The topological polar surface area (TPSA) is 29.5 Å². The van der Waals surface area contributed by atoms with Crippen LogP contribution < -0.4 is 0 Å². The van der Waals surface area contributed by atoms with Gasteiger partial charge in [-0.3, -0.25) is 0 Å². The minimum absolute atomic E-state index is 0.0529. The number of halogens is 1. The third-order valence-corrected chi connectivity index (χ3v) is 4.21. The molecule has 1 aromatic rings. The molecule has 0 aromatic carbocycles. The van der Waals surface area contributed by atoms with Gasteiger partial charge in [0.2, 0.25) is 0 Å². The molecule has 0 aliphatic heterocycles. The largest absolute Gasteiger partial charge is 0.390 e. The molecule has 4 heteroatoms. The molecule has 2 unspecified atom stereocenters. The summed E-state index contributed by atoms with van der Waals surface area (Å²) in [4.78, 5) is 1.17. The molecule has 1 heterocycles. The molecule has 0 saturated carbocycles. The van der Waals surface area contributed by atoms with Crippen LogP contribution in [0.5, 0.6) is 0 Å². The Morgan fingerprint density at radius 1 is 1.50 bits per heavy atom. The van der Waals surface area contributed by atoms with Gasteiger partial charge in [0.05, 0.1) is 12.2 Å². The van der Waals surface area contributed by atoms with Crippen LogP contribution in [-0.2, 0) is 11.2 Å². The Morgan fingerprint density at radius 3 is 2.50 bits per heavy atom. The number of ether oxygens (including phenoxy) is 1. The van der Waals surface area contributed by atoms with Gasteiger partial charge in [-0.1, -0.05) is 20.8 Å². The third kappa shape index (κ3) is 3.84. The van der Waals surface area contributed by atoms with Crippen LogP contribution in [0.2, 0.25) is 0 Å². The highest BCUT2D eigenvalue weighted by atomic mass is 79.9. The molecular formula is C12H19BrO2S. The van der Waals surface area contributed by atoms with Crippen LogP contribution in [0, 0.1) is 5.41 Å². The monoisotopic (exact) mass is 306 g/mol. The smallest absolute Gasteiger partial charge is 0.0881 e. The van der Waals surface area contributed by atoms with Crippen LogP contribution in [0.25, 0.3) is 0 Å². The minimum atomic E-state index is -0.462. The van der Waals surface area contributed by atoms with Crippen LogP contribution in [0.15, 0.2) is 15.9 Å². The number of hydrogen-bond acceptors (Lipinski definition) is 3. The second kappa shape index (κ2) is 5.63. The molecule has 1 rings (SSSR count). The molecule has 0 amide bonds. The highest BCUT2D eigenvalue weighted by Crippen LogP contribution is 2.28. The Bertz CT molecular complexity index is 330. The third-order valence-electron chi connectivity index (χ3n) is 2.49. The average molecular weight is 307 g/mol. The number of aliphatic hydroxyl groups is 1. The van der Waals surface area contributed by atoms with Crippen molar-refractivity contribution in [1.29, 1.82) is 0 Å². The first-order valence-electron chi connectivity index (χ1n) is 5.28. The van der Waals surface area contributed by atoms with E-state index in [-0.39, 0.29) is 11.5 Å². The van der Waals surface area contributed by atoms with E-state index in [0.717, 1.165) is 4.47 Å². The Morgan fingerprint density at radius 2 is 2.12 bits per heavy atom. The first-order chi connectivity index (χ1) is 7.34. The number of hydrogen-bond donors (Lipinski definition) is 1. The van der Waals surface area contributed by atoms with E-state index < -0.39 is 6.10 Å². The fourth-order valence-electron chi connectivity index (χ4n) is 1.86. The molecule has 16 heavy (non-hydrogen) atoms. The molecule has 0 bridgehead atoms. The van der Waals surface area contributed by atoms with E-state index in [4.69, 9.17) is 4.74 Å². The summed E-state index contributed by atoms with van der Waals surface area (Å²) in [6.45, 7) is 6.23. The first-order valence-corrected chi connectivity index (χ1v) is 6.95. The summed E-state index contributed by atoms with van der Waals surface area (Å²) in [5.74, 6) is 0. The summed E-state index contributed by atoms with van der Waals surface area (Å²) >= 11 is 5.07. The zero-order chi connectivity index (χ0) is 12.3. The Kier molecular flexibility index (Phi) is 4.98. The van der Waals surface area contributed by atoms with Crippen molar-refractivity contribution in [2.45, 2.75) is 39.4 Å². The highest BCUT2D eigenvalue weighted by Gasteiger charge is 2.31. The maximum absolute atomic E-state index is 10.2. The summed E-state index contributed by atoms with van der Waals surface area (Å²) in [6, 6.07) is 2.04. The molecule has 0 fully saturated rings. The average Bonchev–Trinajstić information content (AvgIpc) is 2.49. The van der Waals surface area contributed by atoms with Crippen molar-refractivity contribution in [1.82, 2.24) is 0 Å². The summed E-state index contributed by atoms with van der Waals surface area (Å²) in [5.41, 5.74) is -0.0529. The fourth-order valence-corrected chi connectivity index (χ4v) is 3.36. The van der Waals surface area contributed by atoms with Crippen molar-refractivity contribution in [3.8, 4) is 0 Å². The quantitative estimate of drug-likeness (QED) is 0.923. The summed E-state index contributed by atoms with van der Waals surface area (Å²) in [6.07, 6.45) is 0.0374. The molecule has 1 aromatic heterocycles. The molecule has 0 aliphatic carbocycles. The molecule has 2 nitrogen and oxygen atoms in total. The van der Waals surface area contributed by atoms with Crippen molar-refractivity contribution in [2.75, 3.05) is 7.11 Å². The lowest BCUT2D eigenvalue weighted by Gasteiger charge is -2.33. The zero-order valence-electron chi connectivity index (χ0n) is 10.2. The van der Waals surface area contributed by atoms with E-state index in [0.29, 0.717) is 6.42 Å². The fraction of sp³-hybridized carbons (Fsp3) is 0.667. The van der Waals surface area contributed by atoms with E-state index in [1.165, 1.54) is 4.88 Å². The molecule has 0 spiro atoms. The van der Waals surface area contributed by atoms with Crippen LogP contribution >= 0.6 is 27.3 Å². The molecular weight excluding hydrogens is 288 g/mol. The summed E-state index contributed by atoms with van der Waals surface area (Å²) < 4.78 is 6.47. The van der Waals surface area contributed by atoms with E-state index in [9.17, 15) is 5.11 Å². The SMILES string of the molecule is COC(C(O)Cc1cc(Br)cs1)C(C)(C)C. The van der Waals surface area contributed by atoms with Crippen LogP contribution in [0.3, 0.4) is 0 Å². The lowest BCUT2D eigenvalue weighted by molar-refractivity contribution is -0.0696. The van der Waals surface area contributed by atoms with Crippen molar-refractivity contribution < 1.29 is 9.84 Å².